The van der Waals surface area contributed by atoms with Gasteiger partial charge in [0.25, 0.3) is 0 Å². The lowest BCUT2D eigenvalue weighted by atomic mass is 9.96. The van der Waals surface area contributed by atoms with Crippen LogP contribution in [-0.4, -0.2) is 24.6 Å². The van der Waals surface area contributed by atoms with Crippen LogP contribution in [-0.2, 0) is 4.79 Å². The minimum atomic E-state index is 0.0427. The van der Waals surface area contributed by atoms with Crippen LogP contribution in [0, 0.1) is 6.92 Å². The van der Waals surface area contributed by atoms with Gasteiger partial charge in [0.05, 0.1) is 10.7 Å². The lowest BCUT2D eigenvalue weighted by molar-refractivity contribution is -0.110. The van der Waals surface area contributed by atoms with Crippen molar-refractivity contribution in [2.24, 2.45) is 0 Å². The van der Waals surface area contributed by atoms with E-state index in [1.807, 2.05) is 0 Å². The first-order valence-corrected chi connectivity index (χ1v) is 7.81. The van der Waals surface area contributed by atoms with Crippen molar-refractivity contribution in [1.29, 1.82) is 0 Å². The standard InChI is InChI=1S/C8H9Cl2NO.C7H13NO/c1-4-5(9)3-6(11-2)8(12)7(4)10;9-6-8-7-4-2-1-3-5-7/h3,11-12H,1-2H3;6-7H,1-5H2,(H,8,9). The van der Waals surface area contributed by atoms with Crippen molar-refractivity contribution in [3.63, 3.8) is 0 Å². The summed E-state index contributed by atoms with van der Waals surface area (Å²) in [6.07, 6.45) is 7.08. The number of carbonyl (C=O) groups excluding carboxylic acids is 1. The van der Waals surface area contributed by atoms with Gasteiger partial charge in [0.1, 0.15) is 0 Å². The van der Waals surface area contributed by atoms with E-state index >= 15 is 0 Å². The molecule has 0 radical (unpaired) electrons. The monoisotopic (exact) mass is 332 g/mol. The molecular formula is C15H22Cl2N2O2. The zero-order valence-corrected chi connectivity index (χ0v) is 13.9. The number of phenolic OH excluding ortho intramolecular Hbond substituents is 1. The molecule has 0 heterocycles. The molecule has 0 unspecified atom stereocenters. The van der Waals surface area contributed by atoms with Crippen molar-refractivity contribution in [3.05, 3.63) is 21.7 Å². The summed E-state index contributed by atoms with van der Waals surface area (Å²) in [7, 11) is 1.69. The summed E-state index contributed by atoms with van der Waals surface area (Å²) in [6, 6.07) is 2.12. The summed E-state index contributed by atoms with van der Waals surface area (Å²) in [5, 5.41) is 15.9. The zero-order valence-electron chi connectivity index (χ0n) is 12.4. The van der Waals surface area contributed by atoms with Crippen LogP contribution in [0.15, 0.2) is 6.07 Å². The molecule has 1 saturated carbocycles. The molecule has 21 heavy (non-hydrogen) atoms. The normalized spacial score (nSPS) is 14.9. The number of nitrogens with one attached hydrogen (secondary N) is 2. The van der Waals surface area contributed by atoms with Crippen molar-refractivity contribution in [2.75, 3.05) is 12.4 Å². The average Bonchev–Trinajstić information content (AvgIpc) is 2.51. The molecular weight excluding hydrogens is 311 g/mol. The van der Waals surface area contributed by atoms with Gasteiger partial charge in [-0.15, -0.1) is 0 Å². The lowest BCUT2D eigenvalue weighted by Crippen LogP contribution is -2.29. The van der Waals surface area contributed by atoms with Gasteiger partial charge >= 0.3 is 0 Å². The molecule has 0 atom stereocenters. The van der Waals surface area contributed by atoms with E-state index in [4.69, 9.17) is 23.2 Å². The van der Waals surface area contributed by atoms with E-state index in [-0.39, 0.29) is 5.75 Å². The van der Waals surface area contributed by atoms with Crippen molar-refractivity contribution < 1.29 is 9.90 Å². The Bertz CT molecular complexity index is 475. The first-order valence-electron chi connectivity index (χ1n) is 7.06. The minimum absolute atomic E-state index is 0.0427. The van der Waals surface area contributed by atoms with Crippen molar-refractivity contribution in [1.82, 2.24) is 5.32 Å². The Morgan fingerprint density at radius 2 is 1.90 bits per heavy atom. The highest BCUT2D eigenvalue weighted by atomic mass is 35.5. The minimum Gasteiger partial charge on any atom is -0.504 e. The number of benzene rings is 1. The lowest BCUT2D eigenvalue weighted by Gasteiger charge is -2.19. The third-order valence-corrected chi connectivity index (χ3v) is 4.45. The van der Waals surface area contributed by atoms with E-state index in [9.17, 15) is 9.90 Å². The van der Waals surface area contributed by atoms with Gasteiger partial charge in [-0.05, 0) is 31.4 Å². The molecule has 0 saturated heterocycles. The summed E-state index contributed by atoms with van der Waals surface area (Å²) >= 11 is 11.6. The Balaban J connectivity index is 0.000000219. The Morgan fingerprint density at radius 1 is 1.29 bits per heavy atom. The van der Waals surface area contributed by atoms with Gasteiger partial charge in [-0.1, -0.05) is 42.5 Å². The molecule has 0 spiro atoms. The summed E-state index contributed by atoms with van der Waals surface area (Å²) in [4.78, 5) is 9.96. The van der Waals surface area contributed by atoms with Gasteiger partial charge in [-0.25, -0.2) is 0 Å². The number of halogens is 2. The van der Waals surface area contributed by atoms with Crippen LogP contribution in [0.4, 0.5) is 5.69 Å². The van der Waals surface area contributed by atoms with Crippen LogP contribution in [0.2, 0.25) is 10.0 Å². The Labute approximate surface area is 135 Å². The molecule has 1 aliphatic rings. The number of aromatic hydroxyl groups is 1. The van der Waals surface area contributed by atoms with E-state index in [0.29, 0.717) is 27.3 Å². The first kappa shape index (κ1) is 17.9. The van der Waals surface area contributed by atoms with E-state index < -0.39 is 0 Å². The van der Waals surface area contributed by atoms with Gasteiger partial charge < -0.3 is 15.7 Å². The third kappa shape index (κ3) is 5.29. The fourth-order valence-corrected chi connectivity index (χ4v) is 2.72. The average molecular weight is 333 g/mol. The maximum Gasteiger partial charge on any atom is 0.207 e. The predicted molar refractivity (Wildman–Crippen MR) is 88.5 cm³/mol. The van der Waals surface area contributed by atoms with Crippen molar-refractivity contribution >= 4 is 35.3 Å². The fourth-order valence-electron chi connectivity index (χ4n) is 2.26. The quantitative estimate of drug-likeness (QED) is 0.576. The van der Waals surface area contributed by atoms with E-state index in [2.05, 4.69) is 10.6 Å². The molecule has 6 heteroatoms. The molecule has 118 valence electrons. The maximum atomic E-state index is 9.96. The topological polar surface area (TPSA) is 61.4 Å². The van der Waals surface area contributed by atoms with Crippen LogP contribution in [0.5, 0.6) is 5.75 Å². The van der Waals surface area contributed by atoms with Crippen LogP contribution in [0.1, 0.15) is 37.7 Å². The van der Waals surface area contributed by atoms with Crippen LogP contribution in [0.25, 0.3) is 0 Å². The third-order valence-electron chi connectivity index (χ3n) is 3.60. The molecule has 3 N–H and O–H groups in total. The van der Waals surface area contributed by atoms with Gasteiger partial charge in [0, 0.05) is 18.1 Å². The number of amides is 1. The highest BCUT2D eigenvalue weighted by Gasteiger charge is 2.11. The number of rotatable bonds is 3. The molecule has 1 aromatic carbocycles. The number of anilines is 1. The predicted octanol–water partition coefficient (Wildman–Crippen LogP) is 4.11. The summed E-state index contributed by atoms with van der Waals surface area (Å²) in [6.45, 7) is 1.75. The molecule has 0 aromatic heterocycles. The van der Waals surface area contributed by atoms with E-state index in [0.717, 1.165) is 6.41 Å². The number of hydrogen-bond acceptors (Lipinski definition) is 3. The van der Waals surface area contributed by atoms with Crippen LogP contribution in [0.3, 0.4) is 0 Å². The number of hydrogen-bond donors (Lipinski definition) is 3. The molecule has 0 bridgehead atoms. The van der Waals surface area contributed by atoms with Gasteiger partial charge in [-0.2, -0.15) is 0 Å². The largest absolute Gasteiger partial charge is 0.504 e. The summed E-state index contributed by atoms with van der Waals surface area (Å²) in [5.41, 5.74) is 1.23. The molecule has 0 aliphatic heterocycles. The fraction of sp³-hybridized carbons (Fsp3) is 0.533. The Morgan fingerprint density at radius 3 is 2.43 bits per heavy atom. The molecule has 1 fully saturated rings. The second-order valence-electron chi connectivity index (χ2n) is 5.06. The Hall–Kier alpha value is -1.13. The second-order valence-corrected chi connectivity index (χ2v) is 5.85. The Kier molecular flexibility index (Phi) is 7.68. The number of phenols is 1. The van der Waals surface area contributed by atoms with Gasteiger partial charge in [0.2, 0.25) is 6.41 Å². The molecule has 4 nitrogen and oxygen atoms in total. The smallest absolute Gasteiger partial charge is 0.207 e. The number of carbonyl (C=O) groups is 1. The van der Waals surface area contributed by atoms with Crippen LogP contribution < -0.4 is 10.6 Å². The highest BCUT2D eigenvalue weighted by Crippen LogP contribution is 2.38. The van der Waals surface area contributed by atoms with Gasteiger partial charge in [0.15, 0.2) is 5.75 Å². The molecule has 2 rings (SSSR count). The zero-order chi connectivity index (χ0) is 15.8. The molecule has 1 aliphatic carbocycles. The van der Waals surface area contributed by atoms with E-state index in [1.54, 1.807) is 20.0 Å². The maximum absolute atomic E-state index is 9.96. The van der Waals surface area contributed by atoms with Crippen LogP contribution >= 0.6 is 23.2 Å². The summed E-state index contributed by atoms with van der Waals surface area (Å²) in [5.74, 6) is 0.0427. The van der Waals surface area contributed by atoms with E-state index in [1.165, 1.54) is 32.1 Å². The molecule has 1 aromatic rings. The SMILES string of the molecule is CNc1cc(Cl)c(C)c(Cl)c1O.O=CNC1CCCCC1. The second kappa shape index (κ2) is 9.00. The first-order chi connectivity index (χ1) is 10.0. The summed E-state index contributed by atoms with van der Waals surface area (Å²) < 4.78 is 0. The van der Waals surface area contributed by atoms with Gasteiger partial charge in [-0.3, -0.25) is 4.79 Å². The highest BCUT2D eigenvalue weighted by molar-refractivity contribution is 6.37. The van der Waals surface area contributed by atoms with Crippen molar-refractivity contribution in [2.45, 2.75) is 45.1 Å². The molecule has 1 amide bonds. The van der Waals surface area contributed by atoms with Crippen molar-refractivity contribution in [3.8, 4) is 5.75 Å².